The number of nitrogens with two attached hydrogens (primary N) is 1. The molecule has 0 radical (unpaired) electrons. The fraction of sp³-hybridized carbons (Fsp3) is 0. The van der Waals surface area contributed by atoms with Crippen molar-refractivity contribution in [2.75, 3.05) is 5.73 Å². The molecule has 0 bridgehead atoms. The van der Waals surface area contributed by atoms with Gasteiger partial charge in [0.15, 0.2) is 5.82 Å². The summed E-state index contributed by atoms with van der Waals surface area (Å²) in [5.74, 6) is -0.207. The van der Waals surface area contributed by atoms with Crippen molar-refractivity contribution in [3.63, 3.8) is 0 Å². The summed E-state index contributed by atoms with van der Waals surface area (Å²) < 4.78 is 14.1. The summed E-state index contributed by atoms with van der Waals surface area (Å²) in [5, 5.41) is 7.62. The molecule has 21 heavy (non-hydrogen) atoms. The number of hydrogen-bond donors (Lipinski definition) is 2. The van der Waals surface area contributed by atoms with Gasteiger partial charge in [-0.25, -0.2) is 4.39 Å². The van der Waals surface area contributed by atoms with Crippen LogP contribution in [0.4, 0.5) is 10.2 Å². The minimum absolute atomic E-state index is 0.186. The third kappa shape index (κ3) is 2.37. The van der Waals surface area contributed by atoms with Gasteiger partial charge in [-0.05, 0) is 18.2 Å². The van der Waals surface area contributed by atoms with Crippen LogP contribution in [0.3, 0.4) is 0 Å². The minimum Gasteiger partial charge on any atom is -0.382 e. The molecule has 0 amide bonds. The number of aromatic nitrogens is 2. The summed E-state index contributed by atoms with van der Waals surface area (Å²) in [6.45, 7) is 0. The molecule has 1 heterocycles. The second kappa shape index (κ2) is 5.39. The number of H-pyrrole nitrogens is 1. The standard InChI is InChI=1S/C15H10Cl2FN3/c16-9-5-3-6-10(17)13(9)14-12(15(19)21-20-14)8-4-1-2-7-11(8)18/h1-7H,(H3,19,20,21). The number of nitrogens with zero attached hydrogens (tertiary/aromatic N) is 1. The third-order valence-corrected chi connectivity index (χ3v) is 3.78. The lowest BCUT2D eigenvalue weighted by Gasteiger charge is -2.09. The van der Waals surface area contributed by atoms with E-state index >= 15 is 0 Å². The topological polar surface area (TPSA) is 54.7 Å². The summed E-state index contributed by atoms with van der Waals surface area (Å²) in [5.41, 5.74) is 7.71. The molecule has 1 aromatic heterocycles. The van der Waals surface area contributed by atoms with Crippen LogP contribution >= 0.6 is 23.2 Å². The number of nitrogen functional groups attached to an aromatic ring is 1. The molecule has 0 aliphatic rings. The molecule has 0 aliphatic carbocycles. The first kappa shape index (κ1) is 13.9. The highest BCUT2D eigenvalue weighted by molar-refractivity contribution is 6.39. The Morgan fingerprint density at radius 3 is 2.29 bits per heavy atom. The largest absolute Gasteiger partial charge is 0.382 e. The van der Waals surface area contributed by atoms with Crippen LogP contribution in [0.25, 0.3) is 22.4 Å². The van der Waals surface area contributed by atoms with Gasteiger partial charge >= 0.3 is 0 Å². The summed E-state index contributed by atoms with van der Waals surface area (Å²) in [7, 11) is 0. The third-order valence-electron chi connectivity index (χ3n) is 3.15. The second-order valence-corrected chi connectivity index (χ2v) is 5.25. The molecule has 2 aromatic carbocycles. The number of aromatic amines is 1. The molecular formula is C15H10Cl2FN3. The van der Waals surface area contributed by atoms with E-state index in [9.17, 15) is 4.39 Å². The molecule has 3 aromatic rings. The first-order chi connectivity index (χ1) is 10.1. The van der Waals surface area contributed by atoms with Gasteiger partial charge in [-0.3, -0.25) is 5.10 Å². The van der Waals surface area contributed by atoms with Gasteiger partial charge in [0.1, 0.15) is 5.82 Å². The highest BCUT2D eigenvalue weighted by Gasteiger charge is 2.21. The van der Waals surface area contributed by atoms with E-state index in [1.807, 2.05) is 0 Å². The zero-order chi connectivity index (χ0) is 15.0. The average Bonchev–Trinajstić information content (AvgIpc) is 2.81. The van der Waals surface area contributed by atoms with E-state index in [-0.39, 0.29) is 5.82 Å². The maximum atomic E-state index is 14.1. The van der Waals surface area contributed by atoms with Crippen LogP contribution in [0.2, 0.25) is 10.0 Å². The van der Waals surface area contributed by atoms with Crippen LogP contribution in [0.5, 0.6) is 0 Å². The normalized spacial score (nSPS) is 10.8. The van der Waals surface area contributed by atoms with Crippen molar-refractivity contribution < 1.29 is 4.39 Å². The van der Waals surface area contributed by atoms with Crippen LogP contribution in [-0.2, 0) is 0 Å². The Hall–Kier alpha value is -2.04. The van der Waals surface area contributed by atoms with Gasteiger partial charge in [0.25, 0.3) is 0 Å². The Morgan fingerprint density at radius 1 is 0.952 bits per heavy atom. The van der Waals surface area contributed by atoms with Crippen molar-refractivity contribution in [1.29, 1.82) is 0 Å². The molecule has 3 nitrogen and oxygen atoms in total. The molecule has 6 heteroatoms. The lowest BCUT2D eigenvalue weighted by atomic mass is 10.0. The zero-order valence-electron chi connectivity index (χ0n) is 10.7. The molecule has 106 valence electrons. The van der Waals surface area contributed by atoms with Gasteiger partial charge in [0.2, 0.25) is 0 Å². The monoisotopic (exact) mass is 321 g/mol. The number of hydrogen-bond acceptors (Lipinski definition) is 2. The fourth-order valence-electron chi connectivity index (χ4n) is 2.21. The first-order valence-electron chi connectivity index (χ1n) is 6.12. The molecule has 0 aliphatic heterocycles. The average molecular weight is 322 g/mol. The summed E-state index contributed by atoms with van der Waals surface area (Å²) in [6.07, 6.45) is 0. The van der Waals surface area contributed by atoms with Crippen LogP contribution in [0.1, 0.15) is 0 Å². The number of anilines is 1. The fourth-order valence-corrected chi connectivity index (χ4v) is 2.80. The highest BCUT2D eigenvalue weighted by Crippen LogP contribution is 2.41. The highest BCUT2D eigenvalue weighted by atomic mass is 35.5. The van der Waals surface area contributed by atoms with E-state index in [1.165, 1.54) is 6.07 Å². The molecule has 0 saturated carbocycles. The lowest BCUT2D eigenvalue weighted by molar-refractivity contribution is 0.631. The van der Waals surface area contributed by atoms with Gasteiger partial charge in [-0.2, -0.15) is 5.10 Å². The minimum atomic E-state index is -0.393. The number of rotatable bonds is 2. The Kier molecular flexibility index (Phi) is 3.57. The van der Waals surface area contributed by atoms with E-state index in [0.717, 1.165) is 0 Å². The summed E-state index contributed by atoms with van der Waals surface area (Å²) in [6, 6.07) is 11.5. The van der Waals surface area contributed by atoms with Gasteiger partial charge in [0, 0.05) is 11.1 Å². The van der Waals surface area contributed by atoms with Crippen LogP contribution in [0, 0.1) is 5.82 Å². The van der Waals surface area contributed by atoms with Crippen molar-refractivity contribution in [3.05, 3.63) is 58.3 Å². The Balaban J connectivity index is 2.31. The molecule has 3 rings (SSSR count). The van der Waals surface area contributed by atoms with Crippen molar-refractivity contribution in [2.24, 2.45) is 0 Å². The van der Waals surface area contributed by atoms with Crippen molar-refractivity contribution in [1.82, 2.24) is 10.2 Å². The van der Waals surface area contributed by atoms with Crippen molar-refractivity contribution in [2.45, 2.75) is 0 Å². The number of halogens is 3. The molecule has 0 atom stereocenters. The predicted octanol–water partition coefficient (Wildman–Crippen LogP) is 4.77. The molecule has 0 fully saturated rings. The van der Waals surface area contributed by atoms with E-state index in [4.69, 9.17) is 28.9 Å². The molecule has 3 N–H and O–H groups in total. The van der Waals surface area contributed by atoms with Gasteiger partial charge < -0.3 is 5.73 Å². The molecular weight excluding hydrogens is 312 g/mol. The van der Waals surface area contributed by atoms with E-state index in [0.29, 0.717) is 32.4 Å². The lowest BCUT2D eigenvalue weighted by Crippen LogP contribution is -1.92. The summed E-state index contributed by atoms with van der Waals surface area (Å²) >= 11 is 12.4. The van der Waals surface area contributed by atoms with Crippen LogP contribution < -0.4 is 5.73 Å². The maximum Gasteiger partial charge on any atom is 0.153 e. The molecule has 0 spiro atoms. The van der Waals surface area contributed by atoms with Gasteiger partial charge in [0.05, 0.1) is 21.3 Å². The Bertz CT molecular complexity index is 794. The Morgan fingerprint density at radius 2 is 1.62 bits per heavy atom. The molecule has 0 unspecified atom stereocenters. The SMILES string of the molecule is Nc1n[nH]c(-c2c(Cl)cccc2Cl)c1-c1ccccc1F. The zero-order valence-corrected chi connectivity index (χ0v) is 12.2. The van der Waals surface area contributed by atoms with Crippen LogP contribution in [0.15, 0.2) is 42.5 Å². The van der Waals surface area contributed by atoms with Crippen LogP contribution in [-0.4, -0.2) is 10.2 Å². The van der Waals surface area contributed by atoms with Gasteiger partial charge in [-0.1, -0.05) is 47.5 Å². The van der Waals surface area contributed by atoms with Gasteiger partial charge in [-0.15, -0.1) is 0 Å². The first-order valence-corrected chi connectivity index (χ1v) is 6.88. The predicted molar refractivity (Wildman–Crippen MR) is 83.9 cm³/mol. The van der Waals surface area contributed by atoms with Crippen molar-refractivity contribution >= 4 is 29.0 Å². The quantitative estimate of drug-likeness (QED) is 0.714. The van der Waals surface area contributed by atoms with E-state index in [1.54, 1.807) is 36.4 Å². The number of benzene rings is 2. The molecule has 0 saturated heterocycles. The van der Waals surface area contributed by atoms with Crippen molar-refractivity contribution in [3.8, 4) is 22.4 Å². The second-order valence-electron chi connectivity index (χ2n) is 4.44. The summed E-state index contributed by atoms with van der Waals surface area (Å²) in [4.78, 5) is 0. The maximum absolute atomic E-state index is 14.1. The van der Waals surface area contributed by atoms with E-state index in [2.05, 4.69) is 10.2 Å². The Labute approximate surface area is 130 Å². The smallest absolute Gasteiger partial charge is 0.153 e. The number of nitrogens with one attached hydrogen (secondary N) is 1. The van der Waals surface area contributed by atoms with E-state index < -0.39 is 5.82 Å².